The third-order valence-electron chi connectivity index (χ3n) is 5.28. The van der Waals surface area contributed by atoms with Crippen LogP contribution in [0.25, 0.3) is 0 Å². The minimum atomic E-state index is 0. The van der Waals surface area contributed by atoms with Crippen LogP contribution in [0.15, 0.2) is 85.2 Å². The zero-order valence-electron chi connectivity index (χ0n) is 21.0. The molecule has 0 atom stereocenters. The van der Waals surface area contributed by atoms with Crippen molar-refractivity contribution in [2.75, 3.05) is 27.4 Å². The number of para-hydroxylation sites is 3. The van der Waals surface area contributed by atoms with Gasteiger partial charge in [0.05, 0.1) is 5.69 Å². The van der Waals surface area contributed by atoms with Crippen LogP contribution in [0.5, 0.6) is 11.5 Å². The molecular weight excluding hydrogens is 647 g/mol. The standard InChI is InChI=1S/C13H14N3O.C8H10N3.C7H8O.Pt/c1-10-11(6-4-8-14-10)15-9-16-12-5-2-3-7-13(12)17;1-2-11-6-10-8-7(11)4-3-5-9-8;1-6-4-2-3-5-7(6)8;/h2-9,15-17H,1H3;3-6H,2H2,1H3,(H,9,10);2-5,8H,1H3;/q2*-1;;+2. The van der Waals surface area contributed by atoms with Gasteiger partial charge in [-0.15, -0.1) is 0 Å². The third kappa shape index (κ3) is 8.99. The first-order valence-electron chi connectivity index (χ1n) is 11.6. The van der Waals surface area contributed by atoms with Gasteiger partial charge in [0.15, 0.2) is 0 Å². The number of aromatic nitrogens is 2. The molecule has 0 amide bonds. The van der Waals surface area contributed by atoms with E-state index in [2.05, 4.69) is 43.8 Å². The minimum absolute atomic E-state index is 0. The molecule has 1 aliphatic heterocycles. The van der Waals surface area contributed by atoms with Crippen LogP contribution >= 0.6 is 0 Å². The first kappa shape index (κ1) is 29.5. The Morgan fingerprint density at radius 3 is 2.11 bits per heavy atom. The molecule has 0 unspecified atom stereocenters. The number of phenols is 2. The molecule has 8 nitrogen and oxygen atoms in total. The Balaban J connectivity index is 0.000000207. The molecule has 37 heavy (non-hydrogen) atoms. The summed E-state index contributed by atoms with van der Waals surface area (Å²) in [7, 11) is 0. The van der Waals surface area contributed by atoms with Crippen LogP contribution in [0.3, 0.4) is 0 Å². The number of rotatable bonds is 5. The van der Waals surface area contributed by atoms with Crippen molar-refractivity contribution in [1.29, 1.82) is 0 Å². The van der Waals surface area contributed by atoms with Crippen LogP contribution in [0.1, 0.15) is 18.2 Å². The van der Waals surface area contributed by atoms with Crippen LogP contribution in [-0.2, 0) is 21.1 Å². The smallest absolute Gasteiger partial charge is 0.515 e. The van der Waals surface area contributed by atoms with Crippen molar-refractivity contribution in [3.05, 3.63) is 110 Å². The maximum atomic E-state index is 9.54. The molecule has 2 aromatic heterocycles. The van der Waals surface area contributed by atoms with Gasteiger partial charge in [-0.3, -0.25) is 4.98 Å². The van der Waals surface area contributed by atoms with Crippen LogP contribution in [-0.4, -0.2) is 26.7 Å². The molecule has 3 heterocycles. The number of hydrogen-bond donors (Lipinski definition) is 5. The minimum Gasteiger partial charge on any atom is -0.515 e. The summed E-state index contributed by atoms with van der Waals surface area (Å²) in [5, 5.41) is 27.6. The Morgan fingerprint density at radius 1 is 0.838 bits per heavy atom. The summed E-state index contributed by atoms with van der Waals surface area (Å²) >= 11 is 0. The van der Waals surface area contributed by atoms with Crippen molar-refractivity contribution >= 4 is 22.9 Å². The SMILES string of the molecule is CCN1[CH-]Nc2ncccc21.Cc1ccccc1O.Cc1ncccc1N[CH-]Nc1ccccc1O.[Pt+2]. The van der Waals surface area contributed by atoms with Crippen LogP contribution < -0.4 is 20.9 Å². The summed E-state index contributed by atoms with van der Waals surface area (Å²) in [6.07, 6.45) is 3.54. The molecule has 0 fully saturated rings. The van der Waals surface area contributed by atoms with Crippen molar-refractivity contribution in [2.45, 2.75) is 20.8 Å². The van der Waals surface area contributed by atoms with Crippen molar-refractivity contribution in [2.24, 2.45) is 0 Å². The fraction of sp³-hybridized carbons (Fsp3) is 0.143. The number of anilines is 4. The second kappa shape index (κ2) is 15.4. The Hall–Kier alpha value is -3.77. The summed E-state index contributed by atoms with van der Waals surface area (Å²) in [6, 6.07) is 22.1. The van der Waals surface area contributed by atoms with E-state index < -0.39 is 0 Å². The van der Waals surface area contributed by atoms with Crippen LogP contribution in [0, 0.1) is 27.2 Å². The van der Waals surface area contributed by atoms with Crippen molar-refractivity contribution < 1.29 is 31.3 Å². The van der Waals surface area contributed by atoms with Gasteiger partial charge in [-0.1, -0.05) is 30.3 Å². The normalized spacial score (nSPS) is 10.8. The molecule has 1 aliphatic rings. The Morgan fingerprint density at radius 2 is 1.46 bits per heavy atom. The van der Waals surface area contributed by atoms with Gasteiger partial charge in [-0.2, -0.15) is 13.3 Å². The number of aryl methyl sites for hydroxylation is 2. The Labute approximate surface area is 233 Å². The van der Waals surface area contributed by atoms with E-state index in [0.717, 1.165) is 35.0 Å². The average molecular weight is 680 g/mol. The first-order chi connectivity index (χ1) is 17.5. The van der Waals surface area contributed by atoms with E-state index in [9.17, 15) is 5.11 Å². The van der Waals surface area contributed by atoms with Gasteiger partial charge in [0.1, 0.15) is 17.3 Å². The van der Waals surface area contributed by atoms with Gasteiger partial charge in [0.25, 0.3) is 0 Å². The Bertz CT molecular complexity index is 1170. The molecule has 0 saturated heterocycles. The topological polar surface area (TPSA) is 106 Å². The van der Waals surface area contributed by atoms with E-state index in [1.54, 1.807) is 43.3 Å². The number of fused-ring (bicyclic) bond motifs is 1. The molecule has 0 bridgehead atoms. The summed E-state index contributed by atoms with van der Waals surface area (Å²) < 4.78 is 0. The predicted molar refractivity (Wildman–Crippen MR) is 147 cm³/mol. The molecule has 196 valence electrons. The number of nitrogens with one attached hydrogen (secondary N) is 3. The number of pyridine rings is 2. The van der Waals surface area contributed by atoms with E-state index in [-0.39, 0.29) is 26.8 Å². The molecule has 5 rings (SSSR count). The number of phenolic OH excluding ortho intramolecular Hbond substituents is 2. The van der Waals surface area contributed by atoms with E-state index >= 15 is 0 Å². The second-order valence-electron chi connectivity index (χ2n) is 7.80. The maximum absolute atomic E-state index is 9.54. The summed E-state index contributed by atoms with van der Waals surface area (Å²) in [6.45, 7) is 10.5. The average Bonchev–Trinajstić information content (AvgIpc) is 3.32. The van der Waals surface area contributed by atoms with Crippen molar-refractivity contribution in [3.63, 3.8) is 0 Å². The van der Waals surface area contributed by atoms with E-state index in [0.29, 0.717) is 11.4 Å². The van der Waals surface area contributed by atoms with Gasteiger partial charge in [0, 0.05) is 29.5 Å². The van der Waals surface area contributed by atoms with Crippen molar-refractivity contribution in [1.82, 2.24) is 9.97 Å². The summed E-state index contributed by atoms with van der Waals surface area (Å²) in [4.78, 5) is 10.5. The maximum Gasteiger partial charge on any atom is 2.00 e. The van der Waals surface area contributed by atoms with E-state index in [1.165, 1.54) is 0 Å². The second-order valence-corrected chi connectivity index (χ2v) is 7.80. The molecule has 0 spiro atoms. The summed E-state index contributed by atoms with van der Waals surface area (Å²) in [5.74, 6) is 1.54. The van der Waals surface area contributed by atoms with Crippen LogP contribution in [0.2, 0.25) is 0 Å². The van der Waals surface area contributed by atoms with Gasteiger partial charge in [-0.25, -0.2) is 4.98 Å². The zero-order valence-corrected chi connectivity index (χ0v) is 23.3. The Kier molecular flexibility index (Phi) is 12.2. The van der Waals surface area contributed by atoms with E-state index in [1.807, 2.05) is 63.0 Å². The number of hydrogen-bond acceptors (Lipinski definition) is 8. The van der Waals surface area contributed by atoms with Gasteiger partial charge < -0.3 is 31.1 Å². The number of nitrogens with zero attached hydrogens (tertiary/aromatic N) is 3. The fourth-order valence-corrected chi connectivity index (χ4v) is 3.20. The largest absolute Gasteiger partial charge is 2.00 e. The molecule has 9 heteroatoms. The monoisotopic (exact) mass is 679 g/mol. The quantitative estimate of drug-likeness (QED) is 0.132. The molecule has 0 aliphatic carbocycles. The number of aromatic hydroxyl groups is 2. The fourth-order valence-electron chi connectivity index (χ4n) is 3.20. The molecular formula is C28H32N6O2Pt. The molecule has 4 aromatic rings. The molecule has 0 saturated carbocycles. The zero-order chi connectivity index (χ0) is 25.8. The van der Waals surface area contributed by atoms with E-state index in [4.69, 9.17) is 5.11 Å². The summed E-state index contributed by atoms with van der Waals surface area (Å²) in [5.41, 5.74) is 4.59. The predicted octanol–water partition coefficient (Wildman–Crippen LogP) is 5.89. The molecule has 5 N–H and O–H groups in total. The third-order valence-corrected chi connectivity index (χ3v) is 5.28. The van der Waals surface area contributed by atoms with Crippen LogP contribution in [0.4, 0.5) is 22.9 Å². The van der Waals surface area contributed by atoms with Gasteiger partial charge >= 0.3 is 21.1 Å². The number of benzene rings is 2. The van der Waals surface area contributed by atoms with Gasteiger partial charge in [-0.05, 0) is 75.3 Å². The first-order valence-corrected chi connectivity index (χ1v) is 11.6. The van der Waals surface area contributed by atoms with Gasteiger partial charge in [0.2, 0.25) is 0 Å². The van der Waals surface area contributed by atoms with Crippen molar-refractivity contribution in [3.8, 4) is 11.5 Å². The molecule has 0 radical (unpaired) electrons. The molecule has 2 aromatic carbocycles.